The second-order valence-corrected chi connectivity index (χ2v) is 6.70. The number of benzene rings is 1. The summed E-state index contributed by atoms with van der Waals surface area (Å²) in [6.07, 6.45) is -0.450. The summed E-state index contributed by atoms with van der Waals surface area (Å²) in [5.41, 5.74) is 0.556. The van der Waals surface area contributed by atoms with Crippen LogP contribution in [-0.2, 0) is 16.1 Å². The van der Waals surface area contributed by atoms with Crippen LogP contribution >= 0.6 is 0 Å². The van der Waals surface area contributed by atoms with Crippen molar-refractivity contribution >= 4 is 16.8 Å². The molecule has 1 unspecified atom stereocenters. The van der Waals surface area contributed by atoms with E-state index < -0.39 is 6.10 Å². The number of piperazine rings is 1. The molecule has 8 nitrogen and oxygen atoms in total. The molecule has 0 bridgehead atoms. The monoisotopic (exact) mass is 357 g/mol. The van der Waals surface area contributed by atoms with E-state index in [9.17, 15) is 9.59 Å². The number of amides is 1. The zero-order valence-corrected chi connectivity index (χ0v) is 14.6. The number of hydrogen-bond acceptors (Lipinski definition) is 6. The molecule has 138 valence electrons. The zero-order valence-electron chi connectivity index (χ0n) is 14.6. The number of carbonyl (C=O) groups is 1. The average Bonchev–Trinajstić information content (AvgIpc) is 2.68. The molecule has 1 aromatic carbocycles. The maximum absolute atomic E-state index is 12.7. The number of fused-ring (bicyclic) bond motifs is 1. The number of aromatic nitrogens is 2. The summed E-state index contributed by atoms with van der Waals surface area (Å²) in [6, 6.07) is 7.30. The highest BCUT2D eigenvalue weighted by molar-refractivity contribution is 5.81. The molecule has 0 aliphatic carbocycles. The summed E-state index contributed by atoms with van der Waals surface area (Å²) in [7, 11) is 0. The van der Waals surface area contributed by atoms with Gasteiger partial charge in [0, 0.05) is 39.3 Å². The van der Waals surface area contributed by atoms with Gasteiger partial charge in [-0.15, -0.1) is 0 Å². The molecule has 8 heteroatoms. The van der Waals surface area contributed by atoms with E-state index in [1.807, 2.05) is 23.1 Å². The van der Waals surface area contributed by atoms with Crippen molar-refractivity contribution in [2.24, 2.45) is 0 Å². The Bertz CT molecular complexity index is 846. The highest BCUT2D eigenvalue weighted by Gasteiger charge is 2.31. The molecule has 2 aromatic rings. The van der Waals surface area contributed by atoms with Crippen molar-refractivity contribution in [2.45, 2.75) is 12.6 Å². The summed E-state index contributed by atoms with van der Waals surface area (Å²) in [4.78, 5) is 36.2. The van der Waals surface area contributed by atoms with E-state index in [1.165, 1.54) is 0 Å². The van der Waals surface area contributed by atoms with Gasteiger partial charge in [0.05, 0.1) is 24.1 Å². The van der Waals surface area contributed by atoms with Crippen LogP contribution in [0.4, 0.5) is 0 Å². The number of ether oxygens (including phenoxy) is 1. The lowest BCUT2D eigenvalue weighted by atomic mass is 10.2. The average molecular weight is 357 g/mol. The molecule has 1 amide bonds. The highest BCUT2D eigenvalue weighted by Crippen LogP contribution is 2.12. The summed E-state index contributed by atoms with van der Waals surface area (Å²) in [5, 5.41) is 3.83. The quantitative estimate of drug-likeness (QED) is 0.774. The fourth-order valence-electron chi connectivity index (χ4n) is 3.51. The Labute approximate surface area is 151 Å². The number of aromatic amines is 1. The van der Waals surface area contributed by atoms with Crippen molar-refractivity contribution in [2.75, 3.05) is 45.9 Å². The molecule has 0 spiro atoms. The molecule has 2 N–H and O–H groups in total. The number of carbonyl (C=O) groups excluding carboxylic acids is 1. The van der Waals surface area contributed by atoms with Crippen LogP contribution < -0.4 is 10.9 Å². The Hall–Kier alpha value is -2.29. The molecule has 26 heavy (non-hydrogen) atoms. The van der Waals surface area contributed by atoms with Crippen LogP contribution in [0, 0.1) is 0 Å². The molecular formula is C18H23N5O3. The molecule has 1 aromatic heterocycles. The number of nitrogens with one attached hydrogen (secondary N) is 2. The number of morpholine rings is 1. The molecule has 2 aliphatic rings. The van der Waals surface area contributed by atoms with Crippen LogP contribution in [0.3, 0.4) is 0 Å². The first-order valence-corrected chi connectivity index (χ1v) is 9.02. The zero-order chi connectivity index (χ0) is 17.9. The van der Waals surface area contributed by atoms with Gasteiger partial charge >= 0.3 is 0 Å². The predicted octanol–water partition coefficient (Wildman–Crippen LogP) is -0.444. The van der Waals surface area contributed by atoms with E-state index in [4.69, 9.17) is 4.74 Å². The van der Waals surface area contributed by atoms with Crippen molar-refractivity contribution in [1.82, 2.24) is 25.1 Å². The van der Waals surface area contributed by atoms with Crippen LogP contribution in [0.1, 0.15) is 5.82 Å². The smallest absolute Gasteiger partial charge is 0.258 e. The summed E-state index contributed by atoms with van der Waals surface area (Å²) in [6.45, 7) is 5.31. The third kappa shape index (κ3) is 3.62. The van der Waals surface area contributed by atoms with Gasteiger partial charge in [-0.25, -0.2) is 4.98 Å². The van der Waals surface area contributed by atoms with Gasteiger partial charge < -0.3 is 19.9 Å². The van der Waals surface area contributed by atoms with Crippen molar-refractivity contribution in [3.8, 4) is 0 Å². The van der Waals surface area contributed by atoms with Crippen molar-refractivity contribution in [1.29, 1.82) is 0 Å². The first-order valence-electron chi connectivity index (χ1n) is 9.02. The van der Waals surface area contributed by atoms with Crippen LogP contribution in [0.5, 0.6) is 0 Å². The normalized spacial score (nSPS) is 21.8. The van der Waals surface area contributed by atoms with Gasteiger partial charge in [-0.1, -0.05) is 12.1 Å². The number of hydrogen-bond donors (Lipinski definition) is 2. The molecule has 0 saturated carbocycles. The van der Waals surface area contributed by atoms with E-state index in [0.29, 0.717) is 43.0 Å². The molecule has 2 fully saturated rings. The maximum atomic E-state index is 12.7. The predicted molar refractivity (Wildman–Crippen MR) is 96.8 cm³/mol. The van der Waals surface area contributed by atoms with Crippen LogP contribution in [0.25, 0.3) is 10.9 Å². The van der Waals surface area contributed by atoms with E-state index in [1.54, 1.807) is 6.07 Å². The minimum atomic E-state index is -0.450. The first-order chi connectivity index (χ1) is 12.7. The largest absolute Gasteiger partial charge is 0.366 e. The first kappa shape index (κ1) is 17.1. The molecule has 0 radical (unpaired) electrons. The summed E-state index contributed by atoms with van der Waals surface area (Å²) >= 11 is 0. The van der Waals surface area contributed by atoms with Crippen LogP contribution in [0.15, 0.2) is 29.1 Å². The molecule has 2 saturated heterocycles. The van der Waals surface area contributed by atoms with Crippen molar-refractivity contribution < 1.29 is 9.53 Å². The third-order valence-corrected chi connectivity index (χ3v) is 4.89. The summed E-state index contributed by atoms with van der Waals surface area (Å²) < 4.78 is 5.71. The fourth-order valence-corrected chi connectivity index (χ4v) is 3.51. The van der Waals surface area contributed by atoms with Gasteiger partial charge in [0.2, 0.25) is 0 Å². The Kier molecular flexibility index (Phi) is 4.96. The number of H-pyrrole nitrogens is 1. The van der Waals surface area contributed by atoms with Gasteiger partial charge in [0.1, 0.15) is 11.9 Å². The Morgan fingerprint density at radius 1 is 1.23 bits per heavy atom. The summed E-state index contributed by atoms with van der Waals surface area (Å²) in [5.74, 6) is 0.667. The van der Waals surface area contributed by atoms with Crippen LogP contribution in [0.2, 0.25) is 0 Å². The Morgan fingerprint density at radius 2 is 2.04 bits per heavy atom. The Balaban J connectivity index is 1.45. The third-order valence-electron chi connectivity index (χ3n) is 4.89. The molecular weight excluding hydrogens is 334 g/mol. The van der Waals surface area contributed by atoms with Gasteiger partial charge in [-0.05, 0) is 12.1 Å². The lowest BCUT2D eigenvalue weighted by Gasteiger charge is -2.36. The maximum Gasteiger partial charge on any atom is 0.258 e. The van der Waals surface area contributed by atoms with Gasteiger partial charge in [-0.2, -0.15) is 0 Å². The second kappa shape index (κ2) is 7.53. The van der Waals surface area contributed by atoms with Crippen molar-refractivity contribution in [3.05, 3.63) is 40.4 Å². The second-order valence-electron chi connectivity index (χ2n) is 6.70. The molecule has 3 heterocycles. The van der Waals surface area contributed by atoms with E-state index in [0.717, 1.165) is 26.2 Å². The van der Waals surface area contributed by atoms with E-state index >= 15 is 0 Å². The fraction of sp³-hybridized carbons (Fsp3) is 0.500. The number of nitrogens with zero attached hydrogens (tertiary/aromatic N) is 3. The van der Waals surface area contributed by atoms with E-state index in [-0.39, 0.29) is 11.5 Å². The van der Waals surface area contributed by atoms with Crippen molar-refractivity contribution in [3.63, 3.8) is 0 Å². The van der Waals surface area contributed by atoms with Gasteiger partial charge in [0.25, 0.3) is 11.5 Å². The Morgan fingerprint density at radius 3 is 2.88 bits per heavy atom. The van der Waals surface area contributed by atoms with Gasteiger partial charge in [-0.3, -0.25) is 14.5 Å². The topological polar surface area (TPSA) is 90.6 Å². The van der Waals surface area contributed by atoms with Crippen LogP contribution in [-0.4, -0.2) is 77.7 Å². The minimum absolute atomic E-state index is 0.0520. The molecule has 2 aliphatic heterocycles. The lowest BCUT2D eigenvalue weighted by molar-refractivity contribution is -0.150. The number of para-hydroxylation sites is 1. The standard InChI is InChI=1S/C18H23N5O3/c24-17-13-3-1-2-4-14(13)20-16(21-17)12-22-9-10-26-15(11-22)18(25)23-7-5-19-6-8-23/h1-4,15,19H,5-12H2,(H,20,21,24). The SMILES string of the molecule is O=C(C1CN(Cc2nc3ccccc3c(=O)[nH]2)CCO1)N1CCNCC1. The lowest BCUT2D eigenvalue weighted by Crippen LogP contribution is -2.55. The minimum Gasteiger partial charge on any atom is -0.366 e. The molecule has 1 atom stereocenters. The van der Waals surface area contributed by atoms with E-state index in [2.05, 4.69) is 20.2 Å². The van der Waals surface area contributed by atoms with Gasteiger partial charge in [0.15, 0.2) is 0 Å². The highest BCUT2D eigenvalue weighted by atomic mass is 16.5. The molecule has 4 rings (SSSR count). The number of rotatable bonds is 3.